The van der Waals surface area contributed by atoms with Gasteiger partial charge in [0.15, 0.2) is 0 Å². The number of ether oxygens (including phenoxy) is 2. The second kappa shape index (κ2) is 10.4. The third-order valence-corrected chi connectivity index (χ3v) is 7.54. The molecule has 0 saturated carbocycles. The molecule has 1 aliphatic heterocycles. The number of carbonyl (C=O) groups is 2. The van der Waals surface area contributed by atoms with Crippen LogP contribution in [0.3, 0.4) is 0 Å². The molecule has 0 saturated heterocycles. The minimum Gasteiger partial charge on any atom is -0.492 e. The van der Waals surface area contributed by atoms with E-state index in [4.69, 9.17) is 9.47 Å². The number of amides is 1. The van der Waals surface area contributed by atoms with Crippen molar-refractivity contribution in [3.63, 3.8) is 0 Å². The molecule has 35 heavy (non-hydrogen) atoms. The number of carboxylic acid groups (broad SMARTS) is 1. The van der Waals surface area contributed by atoms with Gasteiger partial charge in [-0.05, 0) is 41.7 Å². The van der Waals surface area contributed by atoms with Crippen LogP contribution in [0, 0.1) is 11.3 Å². The summed E-state index contributed by atoms with van der Waals surface area (Å²) in [5, 5.41) is 12.9. The lowest BCUT2D eigenvalue weighted by molar-refractivity contribution is -0.144. The first-order valence-electron chi connectivity index (χ1n) is 11.0. The van der Waals surface area contributed by atoms with Gasteiger partial charge in [-0.15, -0.1) is 0 Å². The molecule has 2 aliphatic rings. The first kappa shape index (κ1) is 26.7. The van der Waals surface area contributed by atoms with Crippen LogP contribution in [-0.2, 0) is 31.8 Å². The molecule has 0 bridgehead atoms. The van der Waals surface area contributed by atoms with Gasteiger partial charge in [0.05, 0.1) is 24.2 Å². The van der Waals surface area contributed by atoms with E-state index in [1.807, 2.05) is 19.1 Å². The fourth-order valence-corrected chi connectivity index (χ4v) is 4.85. The number of carboxylic acids is 1. The van der Waals surface area contributed by atoms with Gasteiger partial charge in [-0.25, -0.2) is 4.79 Å². The molecule has 3 rings (SSSR count). The number of carbonyl (C=O) groups excluding carboxylic acids is 1. The van der Waals surface area contributed by atoms with Gasteiger partial charge < -0.3 is 19.9 Å². The normalized spacial score (nSPS) is 20.7. The molecule has 3 atom stereocenters. The summed E-state index contributed by atoms with van der Waals surface area (Å²) >= 11 is 1.45. The third kappa shape index (κ3) is 6.04. The van der Waals surface area contributed by atoms with Crippen molar-refractivity contribution in [2.24, 2.45) is 11.3 Å². The second-order valence-electron chi connectivity index (χ2n) is 9.01. The quantitative estimate of drug-likeness (QED) is 0.470. The minimum atomic E-state index is -4.44. The molecule has 0 radical (unpaired) electrons. The fourth-order valence-electron chi connectivity index (χ4n) is 3.76. The molecule has 6 nitrogen and oxygen atoms in total. The number of nitrogens with one attached hydrogen (secondary N) is 1. The van der Waals surface area contributed by atoms with Gasteiger partial charge in [-0.2, -0.15) is 13.2 Å². The predicted octanol–water partition coefficient (Wildman–Crippen LogP) is 5.27. The van der Waals surface area contributed by atoms with E-state index in [0.717, 1.165) is 12.1 Å². The molecule has 2 unspecified atom stereocenters. The average molecular weight is 512 g/mol. The maximum atomic E-state index is 13.2. The smallest absolute Gasteiger partial charge is 0.416 e. The molecule has 1 aromatic carbocycles. The van der Waals surface area contributed by atoms with Gasteiger partial charge in [-0.1, -0.05) is 50.7 Å². The number of hydrogen-bond donors (Lipinski definition) is 2. The van der Waals surface area contributed by atoms with E-state index in [-0.39, 0.29) is 23.3 Å². The van der Waals surface area contributed by atoms with E-state index in [9.17, 15) is 27.9 Å². The Labute approximate surface area is 206 Å². The molecular weight excluding hydrogens is 483 g/mol. The maximum Gasteiger partial charge on any atom is 0.416 e. The Morgan fingerprint density at radius 3 is 2.40 bits per heavy atom. The highest BCUT2D eigenvalue weighted by molar-refractivity contribution is 8.03. The van der Waals surface area contributed by atoms with Crippen LogP contribution in [0.15, 0.2) is 58.9 Å². The lowest BCUT2D eigenvalue weighted by Crippen LogP contribution is -2.50. The summed E-state index contributed by atoms with van der Waals surface area (Å²) in [5.74, 6) is -1.78. The molecule has 2 N–H and O–H groups in total. The Balaban J connectivity index is 1.90. The Morgan fingerprint density at radius 2 is 1.86 bits per heavy atom. The lowest BCUT2D eigenvalue weighted by atomic mass is 9.81. The SMILES string of the molecule is CCC(C)(C)[C@H](NC(=O)C1=C(OCc2ccc(C(F)(F)F)cc2)C2C=C(OC)SC2C=C1)C(=O)O. The number of rotatable bonds is 9. The highest BCUT2D eigenvalue weighted by Crippen LogP contribution is 2.45. The summed E-state index contributed by atoms with van der Waals surface area (Å²) < 4.78 is 50.0. The number of hydrogen-bond acceptors (Lipinski definition) is 5. The summed E-state index contributed by atoms with van der Waals surface area (Å²) in [6.45, 7) is 5.30. The third-order valence-electron chi connectivity index (χ3n) is 6.28. The Hall–Kier alpha value is -2.88. The number of thioether (sulfide) groups is 1. The molecule has 0 spiro atoms. The Bertz CT molecular complexity index is 1060. The monoisotopic (exact) mass is 511 g/mol. The number of benzene rings is 1. The van der Waals surface area contributed by atoms with Gasteiger partial charge in [0.1, 0.15) is 23.5 Å². The number of halogens is 3. The summed E-state index contributed by atoms with van der Waals surface area (Å²) in [5.41, 5.74) is -0.797. The van der Waals surface area contributed by atoms with Crippen molar-refractivity contribution in [2.45, 2.75) is 51.3 Å². The van der Waals surface area contributed by atoms with E-state index in [2.05, 4.69) is 5.32 Å². The molecule has 10 heteroatoms. The molecule has 1 aromatic rings. The first-order valence-corrected chi connectivity index (χ1v) is 11.9. The molecular formula is C25H28F3NO5S. The zero-order valence-corrected chi connectivity index (χ0v) is 20.6. The van der Waals surface area contributed by atoms with E-state index in [0.29, 0.717) is 22.8 Å². The minimum absolute atomic E-state index is 0.0645. The number of allylic oxidation sites excluding steroid dienone is 1. The number of fused-ring (bicyclic) bond motifs is 1. The van der Waals surface area contributed by atoms with Gasteiger partial charge in [0.2, 0.25) is 0 Å². The van der Waals surface area contributed by atoms with Gasteiger partial charge in [-0.3, -0.25) is 4.79 Å². The number of methoxy groups -OCH3 is 1. The van der Waals surface area contributed by atoms with Crippen LogP contribution in [0.1, 0.15) is 38.3 Å². The zero-order valence-electron chi connectivity index (χ0n) is 19.8. The highest BCUT2D eigenvalue weighted by Gasteiger charge is 2.40. The van der Waals surface area contributed by atoms with E-state index in [1.54, 1.807) is 19.9 Å². The van der Waals surface area contributed by atoms with E-state index in [1.165, 1.54) is 31.0 Å². The van der Waals surface area contributed by atoms with Crippen LogP contribution in [-0.4, -0.2) is 35.4 Å². The van der Waals surface area contributed by atoms with Crippen LogP contribution in [0.25, 0.3) is 0 Å². The maximum absolute atomic E-state index is 13.2. The van der Waals surface area contributed by atoms with Crippen molar-refractivity contribution in [1.82, 2.24) is 5.32 Å². The largest absolute Gasteiger partial charge is 0.492 e. The first-order chi connectivity index (χ1) is 16.4. The van der Waals surface area contributed by atoms with Crippen molar-refractivity contribution in [1.29, 1.82) is 0 Å². The van der Waals surface area contributed by atoms with Crippen LogP contribution >= 0.6 is 11.8 Å². The van der Waals surface area contributed by atoms with Crippen molar-refractivity contribution in [3.8, 4) is 0 Å². The molecule has 1 heterocycles. The Morgan fingerprint density at radius 1 is 1.20 bits per heavy atom. The zero-order chi connectivity index (χ0) is 26.0. The van der Waals surface area contributed by atoms with Crippen molar-refractivity contribution in [2.75, 3.05) is 7.11 Å². The van der Waals surface area contributed by atoms with Gasteiger partial charge >= 0.3 is 12.1 Å². The van der Waals surface area contributed by atoms with Crippen LogP contribution in [0.4, 0.5) is 13.2 Å². The molecule has 1 aliphatic carbocycles. The molecule has 190 valence electrons. The second-order valence-corrected chi connectivity index (χ2v) is 10.2. The van der Waals surface area contributed by atoms with E-state index < -0.39 is 35.1 Å². The van der Waals surface area contributed by atoms with Gasteiger partial charge in [0.25, 0.3) is 5.91 Å². The van der Waals surface area contributed by atoms with E-state index >= 15 is 0 Å². The van der Waals surface area contributed by atoms with Crippen LogP contribution in [0.5, 0.6) is 0 Å². The molecule has 0 aromatic heterocycles. The number of alkyl halides is 3. The van der Waals surface area contributed by atoms with Gasteiger partial charge in [0, 0.05) is 5.25 Å². The molecule has 1 amide bonds. The standard InChI is InChI=1S/C25H28F3NO5S/c1-5-24(2,3)21(23(31)32)29-22(30)16-10-11-18-17(12-19(33-4)35-18)20(16)34-13-14-6-8-15(9-7-14)25(26,27)28/h6-12,17-18,21H,5,13H2,1-4H3,(H,29,30)(H,31,32)/t17?,18?,21-/m1/s1. The highest BCUT2D eigenvalue weighted by atomic mass is 32.2. The predicted molar refractivity (Wildman–Crippen MR) is 126 cm³/mol. The van der Waals surface area contributed by atoms with Crippen molar-refractivity contribution in [3.05, 3.63) is 70.0 Å². The topological polar surface area (TPSA) is 84.9 Å². The van der Waals surface area contributed by atoms with Crippen molar-refractivity contribution >= 4 is 23.6 Å². The van der Waals surface area contributed by atoms with Crippen molar-refractivity contribution < 1.29 is 37.3 Å². The van der Waals surface area contributed by atoms with Crippen LogP contribution in [0.2, 0.25) is 0 Å². The lowest BCUT2D eigenvalue weighted by Gasteiger charge is -2.32. The summed E-state index contributed by atoms with van der Waals surface area (Å²) in [6, 6.07) is 3.47. The Kier molecular flexibility index (Phi) is 7.93. The summed E-state index contributed by atoms with van der Waals surface area (Å²) in [7, 11) is 1.53. The molecule has 0 fully saturated rings. The van der Waals surface area contributed by atoms with Crippen LogP contribution < -0.4 is 5.32 Å². The summed E-state index contributed by atoms with van der Waals surface area (Å²) in [4.78, 5) is 25.1. The fraction of sp³-hybridized carbons (Fsp3) is 0.440. The summed E-state index contributed by atoms with van der Waals surface area (Å²) in [6.07, 6.45) is 1.33. The number of aliphatic carboxylic acids is 1. The average Bonchev–Trinajstić information content (AvgIpc) is 3.24.